The third-order valence-electron chi connectivity index (χ3n) is 3.10. The second-order valence-corrected chi connectivity index (χ2v) is 6.64. The van der Waals surface area contributed by atoms with Crippen LogP contribution in [-0.4, -0.2) is 30.8 Å². The number of rotatable bonds is 3. The fraction of sp³-hybridized carbons (Fsp3) is 0.929. The lowest BCUT2D eigenvalue weighted by atomic mass is 9.85. The summed E-state index contributed by atoms with van der Waals surface area (Å²) in [5.74, 6) is 1.22. The molecule has 2 atom stereocenters. The van der Waals surface area contributed by atoms with E-state index in [1.807, 2.05) is 20.8 Å². The normalized spacial score (nSPS) is 25.0. The van der Waals surface area contributed by atoms with E-state index in [0.29, 0.717) is 11.8 Å². The summed E-state index contributed by atoms with van der Waals surface area (Å²) in [5, 5.41) is 6.34. The number of hydrogen-bond acceptors (Lipinski definition) is 3. The molecule has 1 saturated heterocycles. The minimum absolute atomic E-state index is 0.191. The van der Waals surface area contributed by atoms with Crippen molar-refractivity contribution < 1.29 is 9.53 Å². The highest BCUT2D eigenvalue weighted by atomic mass is 16.6. The largest absolute Gasteiger partial charge is 0.444 e. The first-order valence-electron chi connectivity index (χ1n) is 6.98. The van der Waals surface area contributed by atoms with E-state index in [2.05, 4.69) is 24.5 Å². The molecule has 2 unspecified atom stereocenters. The Bertz CT molecular complexity index is 271. The molecule has 1 fully saturated rings. The van der Waals surface area contributed by atoms with Crippen molar-refractivity contribution in [2.75, 3.05) is 13.1 Å². The molecule has 106 valence electrons. The van der Waals surface area contributed by atoms with Gasteiger partial charge in [0.25, 0.3) is 0 Å². The second kappa shape index (κ2) is 6.41. The van der Waals surface area contributed by atoms with E-state index >= 15 is 0 Å². The number of carbonyl (C=O) groups excluding carboxylic acids is 1. The Morgan fingerprint density at radius 1 is 1.44 bits per heavy atom. The Morgan fingerprint density at radius 2 is 2.11 bits per heavy atom. The van der Waals surface area contributed by atoms with Crippen LogP contribution in [0.1, 0.15) is 47.5 Å². The molecular weight excluding hydrogens is 228 g/mol. The van der Waals surface area contributed by atoms with Crippen LogP contribution >= 0.6 is 0 Å². The van der Waals surface area contributed by atoms with E-state index in [1.165, 1.54) is 0 Å². The average Bonchev–Trinajstić information content (AvgIpc) is 2.17. The van der Waals surface area contributed by atoms with Crippen LogP contribution in [0.4, 0.5) is 4.79 Å². The van der Waals surface area contributed by atoms with Gasteiger partial charge in [-0.05, 0) is 52.0 Å². The van der Waals surface area contributed by atoms with Gasteiger partial charge in [0.1, 0.15) is 5.60 Å². The van der Waals surface area contributed by atoms with Crippen LogP contribution < -0.4 is 10.6 Å². The Hall–Kier alpha value is -0.770. The molecule has 1 rings (SSSR count). The van der Waals surface area contributed by atoms with Gasteiger partial charge in [-0.3, -0.25) is 0 Å². The molecule has 0 aromatic carbocycles. The van der Waals surface area contributed by atoms with E-state index in [9.17, 15) is 4.79 Å². The molecular formula is C14H28N2O2. The number of piperidine rings is 1. The lowest BCUT2D eigenvalue weighted by Gasteiger charge is -2.34. The summed E-state index contributed by atoms with van der Waals surface area (Å²) in [7, 11) is 0. The Kier molecular flexibility index (Phi) is 5.45. The lowest BCUT2D eigenvalue weighted by molar-refractivity contribution is 0.0469. The Morgan fingerprint density at radius 3 is 2.67 bits per heavy atom. The molecule has 0 bridgehead atoms. The summed E-state index contributed by atoms with van der Waals surface area (Å²) in [6.07, 6.45) is 1.98. The van der Waals surface area contributed by atoms with Crippen molar-refractivity contribution >= 4 is 6.09 Å². The quantitative estimate of drug-likeness (QED) is 0.816. The number of amides is 1. The molecule has 1 aliphatic heterocycles. The van der Waals surface area contributed by atoms with E-state index in [0.717, 1.165) is 25.9 Å². The predicted octanol–water partition coefficient (Wildman–Crippen LogP) is 2.54. The first-order valence-corrected chi connectivity index (χ1v) is 6.98. The first-order chi connectivity index (χ1) is 8.28. The maximum absolute atomic E-state index is 11.8. The smallest absolute Gasteiger partial charge is 0.407 e. The average molecular weight is 256 g/mol. The fourth-order valence-electron chi connectivity index (χ4n) is 2.43. The van der Waals surface area contributed by atoms with Gasteiger partial charge in [-0.2, -0.15) is 0 Å². The van der Waals surface area contributed by atoms with Crippen LogP contribution in [-0.2, 0) is 4.74 Å². The van der Waals surface area contributed by atoms with Crippen LogP contribution in [0.3, 0.4) is 0 Å². The Labute approximate surface area is 111 Å². The standard InChI is InChI=1S/C14H28N2O2/c1-10(2)8-11-6-7-15-9-12(11)16-13(17)18-14(3,4)5/h10-12,15H,6-9H2,1-5H3,(H,16,17). The highest BCUT2D eigenvalue weighted by Crippen LogP contribution is 2.21. The monoisotopic (exact) mass is 256 g/mol. The van der Waals surface area contributed by atoms with Crippen LogP contribution in [0.25, 0.3) is 0 Å². The van der Waals surface area contributed by atoms with Crippen LogP contribution in [0.15, 0.2) is 0 Å². The zero-order valence-corrected chi connectivity index (χ0v) is 12.4. The zero-order chi connectivity index (χ0) is 13.8. The van der Waals surface area contributed by atoms with Crippen molar-refractivity contribution in [3.8, 4) is 0 Å². The van der Waals surface area contributed by atoms with Gasteiger partial charge in [0, 0.05) is 12.6 Å². The summed E-state index contributed by atoms with van der Waals surface area (Å²) >= 11 is 0. The summed E-state index contributed by atoms with van der Waals surface area (Å²) in [5.41, 5.74) is -0.431. The van der Waals surface area contributed by atoms with Crippen molar-refractivity contribution in [2.45, 2.75) is 59.1 Å². The molecule has 1 amide bonds. The van der Waals surface area contributed by atoms with E-state index < -0.39 is 5.60 Å². The number of nitrogens with one attached hydrogen (secondary N) is 2. The molecule has 0 aliphatic carbocycles. The van der Waals surface area contributed by atoms with Crippen LogP contribution in [0.5, 0.6) is 0 Å². The molecule has 0 spiro atoms. The third-order valence-corrected chi connectivity index (χ3v) is 3.10. The van der Waals surface area contributed by atoms with Gasteiger partial charge in [-0.25, -0.2) is 4.79 Å². The van der Waals surface area contributed by atoms with Crippen molar-refractivity contribution in [2.24, 2.45) is 11.8 Å². The maximum Gasteiger partial charge on any atom is 0.407 e. The number of hydrogen-bond donors (Lipinski definition) is 2. The summed E-state index contributed by atoms with van der Waals surface area (Å²) in [4.78, 5) is 11.8. The van der Waals surface area contributed by atoms with E-state index in [1.54, 1.807) is 0 Å². The van der Waals surface area contributed by atoms with Crippen LogP contribution in [0.2, 0.25) is 0 Å². The van der Waals surface area contributed by atoms with Crippen molar-refractivity contribution in [1.82, 2.24) is 10.6 Å². The second-order valence-electron chi connectivity index (χ2n) is 6.64. The van der Waals surface area contributed by atoms with E-state index in [-0.39, 0.29) is 12.1 Å². The van der Waals surface area contributed by atoms with Crippen LogP contribution in [0, 0.1) is 11.8 Å². The van der Waals surface area contributed by atoms with E-state index in [4.69, 9.17) is 4.74 Å². The molecule has 1 aliphatic rings. The third kappa shape index (κ3) is 5.71. The van der Waals surface area contributed by atoms with Gasteiger partial charge in [-0.1, -0.05) is 13.8 Å². The highest BCUT2D eigenvalue weighted by molar-refractivity contribution is 5.68. The maximum atomic E-state index is 11.8. The topological polar surface area (TPSA) is 50.4 Å². The molecule has 0 saturated carbocycles. The molecule has 4 nitrogen and oxygen atoms in total. The minimum Gasteiger partial charge on any atom is -0.444 e. The van der Waals surface area contributed by atoms with Gasteiger partial charge in [0.2, 0.25) is 0 Å². The predicted molar refractivity (Wildman–Crippen MR) is 73.6 cm³/mol. The minimum atomic E-state index is -0.431. The zero-order valence-electron chi connectivity index (χ0n) is 12.4. The van der Waals surface area contributed by atoms with Crippen molar-refractivity contribution in [3.63, 3.8) is 0 Å². The van der Waals surface area contributed by atoms with Crippen molar-refractivity contribution in [1.29, 1.82) is 0 Å². The highest BCUT2D eigenvalue weighted by Gasteiger charge is 2.28. The van der Waals surface area contributed by atoms with Gasteiger partial charge >= 0.3 is 6.09 Å². The van der Waals surface area contributed by atoms with Gasteiger partial charge in [0.15, 0.2) is 0 Å². The molecule has 0 aromatic rings. The summed E-state index contributed by atoms with van der Waals surface area (Å²) in [6, 6.07) is 0.191. The number of carbonyl (C=O) groups is 1. The van der Waals surface area contributed by atoms with Gasteiger partial charge in [-0.15, -0.1) is 0 Å². The lowest BCUT2D eigenvalue weighted by Crippen LogP contribution is -2.52. The molecule has 1 heterocycles. The Balaban J connectivity index is 2.48. The van der Waals surface area contributed by atoms with Gasteiger partial charge < -0.3 is 15.4 Å². The van der Waals surface area contributed by atoms with Crippen molar-refractivity contribution in [3.05, 3.63) is 0 Å². The van der Waals surface area contributed by atoms with Gasteiger partial charge in [0.05, 0.1) is 0 Å². The molecule has 4 heteroatoms. The molecule has 2 N–H and O–H groups in total. The fourth-order valence-corrected chi connectivity index (χ4v) is 2.43. The summed E-state index contributed by atoms with van der Waals surface area (Å²) in [6.45, 7) is 12.0. The number of ether oxygens (including phenoxy) is 1. The summed E-state index contributed by atoms with van der Waals surface area (Å²) < 4.78 is 5.32. The SMILES string of the molecule is CC(C)CC1CCNCC1NC(=O)OC(C)(C)C. The number of alkyl carbamates (subject to hydrolysis) is 1. The first kappa shape index (κ1) is 15.3. The molecule has 18 heavy (non-hydrogen) atoms. The molecule has 0 aromatic heterocycles. The molecule has 0 radical (unpaired) electrons.